The zero-order valence-electron chi connectivity index (χ0n) is 10.2. The predicted octanol–water partition coefficient (Wildman–Crippen LogP) is 0.488. The Balaban J connectivity index is 1.84. The van der Waals surface area contributed by atoms with E-state index in [2.05, 4.69) is 0 Å². The number of aliphatic hydroxyl groups is 1. The highest BCUT2D eigenvalue weighted by molar-refractivity contribution is 5.78. The summed E-state index contributed by atoms with van der Waals surface area (Å²) in [6.07, 6.45) is 0.857. The lowest BCUT2D eigenvalue weighted by Crippen LogP contribution is -2.33. The van der Waals surface area contributed by atoms with Crippen LogP contribution in [0.3, 0.4) is 0 Å². The molecule has 0 aromatic heterocycles. The Kier molecular flexibility index (Phi) is 4.04. The summed E-state index contributed by atoms with van der Waals surface area (Å²) in [7, 11) is 0. The second kappa shape index (κ2) is 5.73. The lowest BCUT2D eigenvalue weighted by Gasteiger charge is -2.16. The minimum Gasteiger partial charge on any atom is -0.482 e. The maximum atomic E-state index is 11.9. The third-order valence-electron chi connectivity index (χ3n) is 3.17. The molecule has 1 amide bonds. The summed E-state index contributed by atoms with van der Waals surface area (Å²) in [6.45, 7) is 1.43. The fourth-order valence-corrected chi connectivity index (χ4v) is 2.05. The van der Waals surface area contributed by atoms with Crippen LogP contribution >= 0.6 is 0 Å². The smallest absolute Gasteiger partial charge is 0.260 e. The van der Waals surface area contributed by atoms with Crippen LogP contribution in [0.2, 0.25) is 0 Å². The Morgan fingerprint density at radius 2 is 2.28 bits per heavy atom. The van der Waals surface area contributed by atoms with E-state index in [1.807, 2.05) is 12.1 Å². The molecule has 0 saturated carbocycles. The van der Waals surface area contributed by atoms with E-state index in [1.54, 1.807) is 17.0 Å². The van der Waals surface area contributed by atoms with E-state index in [4.69, 9.17) is 15.6 Å². The molecule has 1 fully saturated rings. The van der Waals surface area contributed by atoms with Crippen molar-refractivity contribution in [3.63, 3.8) is 0 Å². The molecule has 0 spiro atoms. The fraction of sp³-hybridized carbons (Fsp3) is 0.462. The van der Waals surface area contributed by atoms with Crippen LogP contribution in [0.1, 0.15) is 6.42 Å². The SMILES string of the molecule is Nc1ccccc1OCC(=O)N1CCC(CO)C1. The van der Waals surface area contributed by atoms with Crippen LogP contribution in [-0.2, 0) is 4.79 Å². The number of anilines is 1. The van der Waals surface area contributed by atoms with Crippen LogP contribution in [0.15, 0.2) is 24.3 Å². The monoisotopic (exact) mass is 250 g/mol. The van der Waals surface area contributed by atoms with Crippen LogP contribution in [0, 0.1) is 5.92 Å². The van der Waals surface area contributed by atoms with Gasteiger partial charge in [0.15, 0.2) is 6.61 Å². The number of amides is 1. The first-order valence-electron chi connectivity index (χ1n) is 6.06. The fourth-order valence-electron chi connectivity index (χ4n) is 2.05. The third-order valence-corrected chi connectivity index (χ3v) is 3.17. The lowest BCUT2D eigenvalue weighted by atomic mass is 10.1. The van der Waals surface area contributed by atoms with Gasteiger partial charge < -0.3 is 20.5 Å². The normalized spacial score (nSPS) is 18.9. The number of nitrogens with two attached hydrogens (primary N) is 1. The van der Waals surface area contributed by atoms with Gasteiger partial charge in [0.1, 0.15) is 5.75 Å². The minimum atomic E-state index is -0.0609. The third kappa shape index (κ3) is 2.92. The maximum Gasteiger partial charge on any atom is 0.260 e. The molecule has 0 bridgehead atoms. The number of ether oxygens (including phenoxy) is 1. The molecule has 98 valence electrons. The highest BCUT2D eigenvalue weighted by Crippen LogP contribution is 2.20. The highest BCUT2D eigenvalue weighted by Gasteiger charge is 2.25. The van der Waals surface area contributed by atoms with E-state index in [1.165, 1.54) is 0 Å². The van der Waals surface area contributed by atoms with Gasteiger partial charge in [0.05, 0.1) is 5.69 Å². The number of hydrogen-bond donors (Lipinski definition) is 2. The number of nitrogen functional groups attached to an aromatic ring is 1. The number of rotatable bonds is 4. The van der Waals surface area contributed by atoms with Gasteiger partial charge in [-0.1, -0.05) is 12.1 Å². The van der Waals surface area contributed by atoms with Gasteiger partial charge >= 0.3 is 0 Å². The number of hydrogen-bond acceptors (Lipinski definition) is 4. The first-order valence-corrected chi connectivity index (χ1v) is 6.06. The average molecular weight is 250 g/mol. The maximum absolute atomic E-state index is 11.9. The number of nitrogens with zero attached hydrogens (tertiary/aromatic N) is 1. The molecule has 1 atom stereocenters. The van der Waals surface area contributed by atoms with Crippen molar-refractivity contribution in [3.8, 4) is 5.75 Å². The van der Waals surface area contributed by atoms with Crippen LogP contribution in [-0.4, -0.2) is 42.2 Å². The summed E-state index contributed by atoms with van der Waals surface area (Å²) in [6, 6.07) is 7.10. The van der Waals surface area contributed by atoms with E-state index in [9.17, 15) is 4.79 Å². The largest absolute Gasteiger partial charge is 0.482 e. The summed E-state index contributed by atoms with van der Waals surface area (Å²) in [5.41, 5.74) is 6.25. The second-order valence-electron chi connectivity index (χ2n) is 4.50. The van der Waals surface area contributed by atoms with E-state index in [-0.39, 0.29) is 25.0 Å². The topological polar surface area (TPSA) is 75.8 Å². The summed E-state index contributed by atoms with van der Waals surface area (Å²) in [5, 5.41) is 9.02. The number of carbonyl (C=O) groups is 1. The van der Waals surface area contributed by atoms with Crippen molar-refractivity contribution in [1.82, 2.24) is 4.90 Å². The van der Waals surface area contributed by atoms with Gasteiger partial charge in [0.2, 0.25) is 0 Å². The first kappa shape index (κ1) is 12.7. The quantitative estimate of drug-likeness (QED) is 0.762. The van der Waals surface area contributed by atoms with Gasteiger partial charge in [-0.15, -0.1) is 0 Å². The molecule has 0 aliphatic carbocycles. The lowest BCUT2D eigenvalue weighted by molar-refractivity contribution is -0.132. The summed E-state index contributed by atoms with van der Waals surface area (Å²) < 4.78 is 5.40. The van der Waals surface area contributed by atoms with Crippen LogP contribution in [0.25, 0.3) is 0 Å². The molecule has 1 saturated heterocycles. The van der Waals surface area contributed by atoms with Crippen LogP contribution in [0.5, 0.6) is 5.75 Å². The molecule has 1 aliphatic heterocycles. The number of carbonyl (C=O) groups excluding carboxylic acids is 1. The molecule has 1 heterocycles. The Morgan fingerprint density at radius 3 is 2.94 bits per heavy atom. The van der Waals surface area contributed by atoms with E-state index >= 15 is 0 Å². The Bertz CT molecular complexity index is 422. The Hall–Kier alpha value is -1.75. The van der Waals surface area contributed by atoms with Gasteiger partial charge in [-0.25, -0.2) is 0 Å². The zero-order chi connectivity index (χ0) is 13.0. The molecule has 1 aliphatic rings. The van der Waals surface area contributed by atoms with Crippen molar-refractivity contribution in [2.24, 2.45) is 5.92 Å². The number of likely N-dealkylation sites (tertiary alicyclic amines) is 1. The van der Waals surface area contributed by atoms with Gasteiger partial charge in [-0.2, -0.15) is 0 Å². The molecular formula is C13H18N2O3. The van der Waals surface area contributed by atoms with Gasteiger partial charge in [0.25, 0.3) is 5.91 Å². The van der Waals surface area contributed by atoms with Crippen molar-refractivity contribution in [1.29, 1.82) is 0 Å². The van der Waals surface area contributed by atoms with E-state index < -0.39 is 0 Å². The van der Waals surface area contributed by atoms with E-state index in [0.717, 1.165) is 6.42 Å². The van der Waals surface area contributed by atoms with Gasteiger partial charge in [-0.05, 0) is 18.6 Å². The summed E-state index contributed by atoms with van der Waals surface area (Å²) >= 11 is 0. The highest BCUT2D eigenvalue weighted by atomic mass is 16.5. The van der Waals surface area contributed by atoms with Crippen molar-refractivity contribution in [2.75, 3.05) is 32.0 Å². The first-order chi connectivity index (χ1) is 8.70. The predicted molar refractivity (Wildman–Crippen MR) is 68.1 cm³/mol. The Morgan fingerprint density at radius 1 is 1.50 bits per heavy atom. The van der Waals surface area contributed by atoms with E-state index in [0.29, 0.717) is 24.5 Å². The van der Waals surface area contributed by atoms with Crippen LogP contribution < -0.4 is 10.5 Å². The molecular weight excluding hydrogens is 232 g/mol. The molecule has 5 heteroatoms. The number of para-hydroxylation sites is 2. The molecule has 3 N–H and O–H groups in total. The number of aliphatic hydroxyl groups excluding tert-OH is 1. The molecule has 2 rings (SSSR count). The Labute approximate surface area is 106 Å². The second-order valence-corrected chi connectivity index (χ2v) is 4.50. The van der Waals surface area contributed by atoms with Crippen LogP contribution in [0.4, 0.5) is 5.69 Å². The van der Waals surface area contributed by atoms with Crippen molar-refractivity contribution >= 4 is 11.6 Å². The molecule has 5 nitrogen and oxygen atoms in total. The summed E-state index contributed by atoms with van der Waals surface area (Å²) in [4.78, 5) is 13.6. The van der Waals surface area contributed by atoms with Crippen molar-refractivity contribution < 1.29 is 14.6 Å². The zero-order valence-corrected chi connectivity index (χ0v) is 10.2. The van der Waals surface area contributed by atoms with Gasteiger partial charge in [0, 0.05) is 25.6 Å². The standard InChI is InChI=1S/C13H18N2O3/c14-11-3-1-2-4-12(11)18-9-13(17)15-6-5-10(7-15)8-16/h1-4,10,16H,5-9,14H2. The molecule has 1 aromatic rings. The van der Waals surface area contributed by atoms with Crippen molar-refractivity contribution in [2.45, 2.75) is 6.42 Å². The average Bonchev–Trinajstić information content (AvgIpc) is 2.86. The number of benzene rings is 1. The molecule has 1 unspecified atom stereocenters. The molecule has 0 radical (unpaired) electrons. The molecule has 18 heavy (non-hydrogen) atoms. The molecule has 1 aromatic carbocycles. The van der Waals surface area contributed by atoms with Crippen molar-refractivity contribution in [3.05, 3.63) is 24.3 Å². The minimum absolute atomic E-state index is 0.00758. The van der Waals surface area contributed by atoms with Gasteiger partial charge in [-0.3, -0.25) is 4.79 Å². The summed E-state index contributed by atoms with van der Waals surface area (Å²) in [5.74, 6) is 0.675.